The van der Waals surface area contributed by atoms with Gasteiger partial charge in [-0.15, -0.1) is 0 Å². The molecule has 0 aromatic rings. The fourth-order valence-electron chi connectivity index (χ4n) is 0.977. The molecule has 0 aromatic carbocycles. The molecule has 0 saturated heterocycles. The molecule has 0 saturated carbocycles. The number of carbonyl (C=O) groups is 1. The summed E-state index contributed by atoms with van der Waals surface area (Å²) in [5.41, 5.74) is 0. The molecule has 0 aromatic heterocycles. The van der Waals surface area contributed by atoms with Crippen LogP contribution in [0.2, 0.25) is 0 Å². The average molecular weight is 311 g/mol. The summed E-state index contributed by atoms with van der Waals surface area (Å²) < 4.78 is 0. The minimum absolute atomic E-state index is 0.0963. The van der Waals surface area contributed by atoms with Crippen molar-refractivity contribution in [2.75, 3.05) is 40.3 Å². The van der Waals surface area contributed by atoms with E-state index in [0.717, 1.165) is 12.2 Å². The van der Waals surface area contributed by atoms with Gasteiger partial charge in [-0.2, -0.15) is 35.3 Å². The summed E-state index contributed by atoms with van der Waals surface area (Å²) in [4.78, 5) is 10.9. The van der Waals surface area contributed by atoms with Crippen LogP contribution in [0.25, 0.3) is 0 Å². The SMILES string of the molecule is C=CC(=O)SCCCSCCSCCSCC. The lowest BCUT2D eigenvalue weighted by Gasteiger charge is -2.01. The highest BCUT2D eigenvalue weighted by atomic mass is 32.2. The Morgan fingerprint density at radius 1 is 1.00 bits per heavy atom. The van der Waals surface area contributed by atoms with Crippen molar-refractivity contribution < 1.29 is 4.79 Å². The molecule has 0 rings (SSSR count). The molecule has 0 aliphatic rings. The first kappa shape index (κ1) is 17.8. The first-order chi connectivity index (χ1) is 8.31. The molecule has 0 bridgehead atoms. The van der Waals surface area contributed by atoms with Gasteiger partial charge in [0.05, 0.1) is 0 Å². The van der Waals surface area contributed by atoms with Gasteiger partial charge < -0.3 is 0 Å². The minimum Gasteiger partial charge on any atom is -0.282 e. The van der Waals surface area contributed by atoms with Gasteiger partial charge in [0.15, 0.2) is 0 Å². The Balaban J connectivity index is 2.98. The summed E-state index contributed by atoms with van der Waals surface area (Å²) in [6.07, 6.45) is 2.51. The highest BCUT2D eigenvalue weighted by Gasteiger charge is 1.96. The predicted molar refractivity (Wildman–Crippen MR) is 89.9 cm³/mol. The quantitative estimate of drug-likeness (QED) is 0.398. The molecule has 0 radical (unpaired) electrons. The summed E-state index contributed by atoms with van der Waals surface area (Å²) in [7, 11) is 0. The summed E-state index contributed by atoms with van der Waals surface area (Å²) >= 11 is 7.44. The van der Waals surface area contributed by atoms with Gasteiger partial charge in [0.25, 0.3) is 0 Å². The van der Waals surface area contributed by atoms with Gasteiger partial charge >= 0.3 is 0 Å². The number of hydrogen-bond donors (Lipinski definition) is 0. The van der Waals surface area contributed by atoms with Gasteiger partial charge in [-0.3, -0.25) is 4.79 Å². The molecule has 5 heteroatoms. The number of hydrogen-bond acceptors (Lipinski definition) is 5. The Kier molecular flexibility index (Phi) is 15.6. The topological polar surface area (TPSA) is 17.1 Å². The first-order valence-corrected chi connectivity index (χ1v) is 10.3. The fourth-order valence-corrected chi connectivity index (χ4v) is 4.70. The van der Waals surface area contributed by atoms with Crippen LogP contribution in [-0.2, 0) is 4.79 Å². The molecule has 0 spiro atoms. The minimum atomic E-state index is 0.0963. The number of thioether (sulfide) groups is 4. The van der Waals surface area contributed by atoms with E-state index in [0.29, 0.717) is 0 Å². The third kappa shape index (κ3) is 14.8. The van der Waals surface area contributed by atoms with Crippen molar-refractivity contribution >= 4 is 52.2 Å². The van der Waals surface area contributed by atoms with E-state index in [1.807, 2.05) is 23.5 Å². The van der Waals surface area contributed by atoms with Crippen LogP contribution in [0.3, 0.4) is 0 Å². The maximum absolute atomic E-state index is 10.9. The van der Waals surface area contributed by atoms with Gasteiger partial charge in [-0.05, 0) is 24.0 Å². The summed E-state index contributed by atoms with van der Waals surface area (Å²) in [6, 6.07) is 0. The summed E-state index contributed by atoms with van der Waals surface area (Å²) in [6.45, 7) is 5.66. The van der Waals surface area contributed by atoms with Crippen molar-refractivity contribution in [1.29, 1.82) is 0 Å². The molecule has 0 fully saturated rings. The summed E-state index contributed by atoms with van der Waals surface area (Å²) in [5.74, 6) is 8.39. The van der Waals surface area contributed by atoms with E-state index in [1.165, 1.54) is 52.4 Å². The largest absolute Gasteiger partial charge is 0.282 e. The van der Waals surface area contributed by atoms with Crippen molar-refractivity contribution in [1.82, 2.24) is 0 Å². The number of rotatable bonds is 12. The van der Waals surface area contributed by atoms with Crippen LogP contribution in [0.4, 0.5) is 0 Å². The third-order valence-electron chi connectivity index (χ3n) is 1.79. The third-order valence-corrected chi connectivity index (χ3v) is 6.21. The van der Waals surface area contributed by atoms with Crippen molar-refractivity contribution in [3.63, 3.8) is 0 Å². The van der Waals surface area contributed by atoms with E-state index in [9.17, 15) is 4.79 Å². The normalized spacial score (nSPS) is 10.4. The van der Waals surface area contributed by atoms with Crippen LogP contribution in [0.5, 0.6) is 0 Å². The Hall–Kier alpha value is 0.810. The van der Waals surface area contributed by atoms with Crippen LogP contribution >= 0.6 is 47.0 Å². The van der Waals surface area contributed by atoms with E-state index >= 15 is 0 Å². The van der Waals surface area contributed by atoms with Gasteiger partial charge in [0, 0.05) is 28.8 Å². The van der Waals surface area contributed by atoms with E-state index in [4.69, 9.17) is 0 Å². The van der Waals surface area contributed by atoms with Gasteiger partial charge in [0.1, 0.15) is 0 Å². The van der Waals surface area contributed by atoms with E-state index < -0.39 is 0 Å². The molecule has 1 nitrogen and oxygen atoms in total. The molecule has 0 N–H and O–H groups in total. The molecule has 0 unspecified atom stereocenters. The van der Waals surface area contributed by atoms with Gasteiger partial charge in [-0.1, -0.05) is 25.3 Å². The van der Waals surface area contributed by atoms with Crippen LogP contribution in [0, 0.1) is 0 Å². The lowest BCUT2D eigenvalue weighted by Crippen LogP contribution is -1.93. The van der Waals surface area contributed by atoms with Crippen molar-refractivity contribution in [3.8, 4) is 0 Å². The highest BCUT2D eigenvalue weighted by molar-refractivity contribution is 8.14. The highest BCUT2D eigenvalue weighted by Crippen LogP contribution is 2.12. The predicted octanol–water partition coefficient (Wildman–Crippen LogP) is 4.04. The molecular formula is C12H22OS4. The zero-order chi connectivity index (χ0) is 12.8. The van der Waals surface area contributed by atoms with Crippen molar-refractivity contribution in [3.05, 3.63) is 12.7 Å². The van der Waals surface area contributed by atoms with Gasteiger partial charge in [-0.25, -0.2) is 0 Å². The van der Waals surface area contributed by atoms with Crippen LogP contribution in [-0.4, -0.2) is 45.4 Å². The Morgan fingerprint density at radius 3 is 2.18 bits per heavy atom. The van der Waals surface area contributed by atoms with E-state index in [-0.39, 0.29) is 5.12 Å². The zero-order valence-corrected chi connectivity index (χ0v) is 13.7. The molecule has 0 aliphatic heterocycles. The Labute approximate surface area is 123 Å². The smallest absolute Gasteiger partial charge is 0.211 e. The second kappa shape index (κ2) is 14.9. The fraction of sp³-hybridized carbons (Fsp3) is 0.750. The Bertz CT molecular complexity index is 197. The molecule has 0 atom stereocenters. The second-order valence-electron chi connectivity index (χ2n) is 3.15. The lowest BCUT2D eigenvalue weighted by molar-refractivity contribution is -0.107. The molecule has 0 heterocycles. The zero-order valence-electron chi connectivity index (χ0n) is 10.5. The van der Waals surface area contributed by atoms with Crippen molar-refractivity contribution in [2.45, 2.75) is 13.3 Å². The standard InChI is InChI=1S/C12H22OS4/c1-3-12(13)17-7-5-6-15-10-11-16-9-8-14-4-2/h3H,1,4-11H2,2H3. The van der Waals surface area contributed by atoms with E-state index in [2.05, 4.69) is 25.3 Å². The maximum atomic E-state index is 10.9. The van der Waals surface area contributed by atoms with Crippen LogP contribution in [0.1, 0.15) is 13.3 Å². The maximum Gasteiger partial charge on any atom is 0.211 e. The number of carbonyl (C=O) groups excluding carboxylic acids is 1. The molecule has 17 heavy (non-hydrogen) atoms. The molecule has 0 amide bonds. The monoisotopic (exact) mass is 310 g/mol. The molecule has 0 aliphatic carbocycles. The Morgan fingerprint density at radius 2 is 1.59 bits per heavy atom. The first-order valence-electron chi connectivity index (χ1n) is 5.83. The summed E-state index contributed by atoms with van der Waals surface area (Å²) in [5, 5.41) is 0.0963. The van der Waals surface area contributed by atoms with E-state index in [1.54, 1.807) is 0 Å². The van der Waals surface area contributed by atoms with Crippen LogP contribution in [0.15, 0.2) is 12.7 Å². The lowest BCUT2D eigenvalue weighted by atomic mass is 10.6. The second-order valence-corrected chi connectivity index (χ2v) is 8.09. The van der Waals surface area contributed by atoms with Crippen LogP contribution < -0.4 is 0 Å². The average Bonchev–Trinajstić information content (AvgIpc) is 2.35. The molecule has 100 valence electrons. The van der Waals surface area contributed by atoms with Gasteiger partial charge in [0.2, 0.25) is 5.12 Å². The molecular weight excluding hydrogens is 288 g/mol. The van der Waals surface area contributed by atoms with Crippen molar-refractivity contribution in [2.24, 2.45) is 0 Å².